The fourth-order valence-electron chi connectivity index (χ4n) is 1.82. The number of benzene rings is 1. The first-order valence-corrected chi connectivity index (χ1v) is 5.55. The number of furan rings is 1. The lowest BCUT2D eigenvalue weighted by molar-refractivity contribution is -0.141. The number of rotatable bonds is 5. The van der Waals surface area contributed by atoms with Gasteiger partial charge in [0.25, 0.3) is 0 Å². The van der Waals surface area contributed by atoms with Gasteiger partial charge in [-0.1, -0.05) is 30.3 Å². The molecule has 0 aliphatic rings. The Balaban J connectivity index is 2.06. The highest BCUT2D eigenvalue weighted by atomic mass is 16.4. The van der Waals surface area contributed by atoms with E-state index in [4.69, 9.17) is 4.42 Å². The molecule has 0 radical (unpaired) electrons. The smallest absolute Gasteiger partial charge is 0.307 e. The Bertz CT molecular complexity index is 459. The molecular weight excluding hydrogens is 216 g/mol. The quantitative estimate of drug-likeness (QED) is 0.859. The van der Waals surface area contributed by atoms with Crippen molar-refractivity contribution in [2.45, 2.75) is 12.8 Å². The van der Waals surface area contributed by atoms with Crippen LogP contribution in [0.25, 0.3) is 0 Å². The van der Waals surface area contributed by atoms with Gasteiger partial charge < -0.3 is 9.52 Å². The fraction of sp³-hybridized carbons (Fsp3) is 0.214. The van der Waals surface area contributed by atoms with Gasteiger partial charge in [0.1, 0.15) is 5.76 Å². The van der Waals surface area contributed by atoms with Crippen LogP contribution in [0, 0.1) is 5.92 Å². The molecule has 0 aliphatic heterocycles. The topological polar surface area (TPSA) is 50.4 Å². The lowest BCUT2D eigenvalue weighted by Gasteiger charge is -2.10. The van der Waals surface area contributed by atoms with Crippen LogP contribution < -0.4 is 0 Å². The van der Waals surface area contributed by atoms with Crippen molar-refractivity contribution in [1.82, 2.24) is 0 Å². The SMILES string of the molecule is O=C(O)C(Cc1ccccc1)Cc1ccco1. The van der Waals surface area contributed by atoms with Gasteiger partial charge in [0.15, 0.2) is 0 Å². The normalized spacial score (nSPS) is 12.2. The molecule has 0 saturated heterocycles. The average molecular weight is 230 g/mol. The molecule has 2 rings (SSSR count). The van der Waals surface area contributed by atoms with Gasteiger partial charge in [0, 0.05) is 6.42 Å². The summed E-state index contributed by atoms with van der Waals surface area (Å²) in [6.07, 6.45) is 2.52. The maximum absolute atomic E-state index is 11.2. The van der Waals surface area contributed by atoms with E-state index in [2.05, 4.69) is 0 Å². The Labute approximate surface area is 99.7 Å². The minimum Gasteiger partial charge on any atom is -0.481 e. The molecule has 3 nitrogen and oxygen atoms in total. The molecule has 0 amide bonds. The molecule has 88 valence electrons. The molecule has 2 aromatic rings. The summed E-state index contributed by atoms with van der Waals surface area (Å²) in [6, 6.07) is 13.2. The van der Waals surface area contributed by atoms with Crippen LogP contribution in [0.15, 0.2) is 53.1 Å². The predicted molar refractivity (Wildman–Crippen MR) is 63.7 cm³/mol. The summed E-state index contributed by atoms with van der Waals surface area (Å²) in [5.74, 6) is -0.512. The number of carbonyl (C=O) groups is 1. The largest absolute Gasteiger partial charge is 0.481 e. The van der Waals surface area contributed by atoms with Crippen molar-refractivity contribution in [2.75, 3.05) is 0 Å². The van der Waals surface area contributed by atoms with Crippen LogP contribution in [0.2, 0.25) is 0 Å². The number of aliphatic carboxylic acids is 1. The third-order valence-corrected chi connectivity index (χ3v) is 2.70. The van der Waals surface area contributed by atoms with Crippen LogP contribution in [-0.2, 0) is 17.6 Å². The zero-order valence-corrected chi connectivity index (χ0v) is 9.37. The molecule has 0 aliphatic carbocycles. The lowest BCUT2D eigenvalue weighted by atomic mass is 9.95. The summed E-state index contributed by atoms with van der Waals surface area (Å²) in [5.41, 5.74) is 1.03. The lowest BCUT2D eigenvalue weighted by Crippen LogP contribution is -2.18. The Morgan fingerprint density at radius 1 is 1.12 bits per heavy atom. The molecule has 3 heteroatoms. The molecule has 17 heavy (non-hydrogen) atoms. The Morgan fingerprint density at radius 2 is 1.88 bits per heavy atom. The Morgan fingerprint density at radius 3 is 2.47 bits per heavy atom. The molecule has 1 heterocycles. The maximum atomic E-state index is 11.2. The average Bonchev–Trinajstić information content (AvgIpc) is 2.82. The highest BCUT2D eigenvalue weighted by Crippen LogP contribution is 2.15. The highest BCUT2D eigenvalue weighted by molar-refractivity contribution is 5.70. The van der Waals surface area contributed by atoms with Gasteiger partial charge >= 0.3 is 5.97 Å². The van der Waals surface area contributed by atoms with Gasteiger partial charge in [-0.3, -0.25) is 4.79 Å². The third kappa shape index (κ3) is 3.21. The highest BCUT2D eigenvalue weighted by Gasteiger charge is 2.19. The molecule has 1 aromatic carbocycles. The molecule has 1 atom stereocenters. The fourth-order valence-corrected chi connectivity index (χ4v) is 1.82. The minimum atomic E-state index is -0.787. The summed E-state index contributed by atoms with van der Waals surface area (Å²) < 4.78 is 5.19. The van der Waals surface area contributed by atoms with Gasteiger partial charge in [0.05, 0.1) is 12.2 Å². The Kier molecular flexibility index (Phi) is 3.60. The molecular formula is C14H14O3. The van der Waals surface area contributed by atoms with Crippen molar-refractivity contribution in [3.63, 3.8) is 0 Å². The van der Waals surface area contributed by atoms with E-state index in [1.807, 2.05) is 30.3 Å². The zero-order chi connectivity index (χ0) is 12.1. The summed E-state index contributed by atoms with van der Waals surface area (Å²) in [7, 11) is 0. The van der Waals surface area contributed by atoms with Crippen molar-refractivity contribution >= 4 is 5.97 Å². The monoisotopic (exact) mass is 230 g/mol. The predicted octanol–water partition coefficient (Wildman–Crippen LogP) is 2.77. The van der Waals surface area contributed by atoms with E-state index in [0.717, 1.165) is 5.56 Å². The van der Waals surface area contributed by atoms with Crippen LogP contribution >= 0.6 is 0 Å². The van der Waals surface area contributed by atoms with Crippen LogP contribution in [0.5, 0.6) is 0 Å². The van der Waals surface area contributed by atoms with Gasteiger partial charge in [0.2, 0.25) is 0 Å². The number of carboxylic acid groups (broad SMARTS) is 1. The van der Waals surface area contributed by atoms with Crippen LogP contribution in [0.3, 0.4) is 0 Å². The number of hydrogen-bond acceptors (Lipinski definition) is 2. The Hall–Kier alpha value is -2.03. The van der Waals surface area contributed by atoms with Crippen LogP contribution in [0.1, 0.15) is 11.3 Å². The zero-order valence-electron chi connectivity index (χ0n) is 9.37. The van der Waals surface area contributed by atoms with Crippen molar-refractivity contribution in [2.24, 2.45) is 5.92 Å². The van der Waals surface area contributed by atoms with Crippen molar-refractivity contribution in [1.29, 1.82) is 0 Å². The van der Waals surface area contributed by atoms with Crippen LogP contribution in [0.4, 0.5) is 0 Å². The van der Waals surface area contributed by atoms with E-state index in [-0.39, 0.29) is 0 Å². The van der Waals surface area contributed by atoms with E-state index in [0.29, 0.717) is 18.6 Å². The van der Waals surface area contributed by atoms with Gasteiger partial charge in [-0.05, 0) is 24.1 Å². The number of carboxylic acids is 1. The second-order valence-corrected chi connectivity index (χ2v) is 4.01. The summed E-state index contributed by atoms with van der Waals surface area (Å²) in [6.45, 7) is 0. The van der Waals surface area contributed by atoms with Crippen molar-refractivity contribution < 1.29 is 14.3 Å². The summed E-state index contributed by atoms with van der Waals surface area (Å²) in [5, 5.41) is 9.19. The first-order valence-electron chi connectivity index (χ1n) is 5.55. The van der Waals surface area contributed by atoms with E-state index in [1.54, 1.807) is 18.4 Å². The van der Waals surface area contributed by atoms with Gasteiger partial charge in [-0.2, -0.15) is 0 Å². The van der Waals surface area contributed by atoms with Crippen molar-refractivity contribution in [3.8, 4) is 0 Å². The van der Waals surface area contributed by atoms with E-state index >= 15 is 0 Å². The maximum Gasteiger partial charge on any atom is 0.307 e. The second kappa shape index (κ2) is 5.34. The molecule has 0 saturated carbocycles. The van der Waals surface area contributed by atoms with Gasteiger partial charge in [-0.25, -0.2) is 0 Å². The molecule has 1 N–H and O–H groups in total. The molecule has 0 fully saturated rings. The van der Waals surface area contributed by atoms with E-state index in [9.17, 15) is 9.90 Å². The van der Waals surface area contributed by atoms with Gasteiger partial charge in [-0.15, -0.1) is 0 Å². The van der Waals surface area contributed by atoms with Crippen LogP contribution in [-0.4, -0.2) is 11.1 Å². The molecule has 0 spiro atoms. The summed E-state index contributed by atoms with van der Waals surface area (Å²) >= 11 is 0. The van der Waals surface area contributed by atoms with E-state index < -0.39 is 11.9 Å². The standard InChI is InChI=1S/C14H14O3/c15-14(16)12(10-13-7-4-8-17-13)9-11-5-2-1-3-6-11/h1-8,12H,9-10H2,(H,15,16). The number of hydrogen-bond donors (Lipinski definition) is 1. The van der Waals surface area contributed by atoms with E-state index in [1.165, 1.54) is 0 Å². The second-order valence-electron chi connectivity index (χ2n) is 4.01. The molecule has 1 unspecified atom stereocenters. The summed E-state index contributed by atoms with van der Waals surface area (Å²) in [4.78, 5) is 11.2. The first-order chi connectivity index (χ1) is 8.25. The minimum absolute atomic E-state index is 0.428. The van der Waals surface area contributed by atoms with Crippen molar-refractivity contribution in [3.05, 3.63) is 60.1 Å². The first kappa shape index (κ1) is 11.5. The molecule has 1 aromatic heterocycles. The molecule has 0 bridgehead atoms. The third-order valence-electron chi connectivity index (χ3n) is 2.70.